The lowest BCUT2D eigenvalue weighted by Gasteiger charge is -2.07. The van der Waals surface area contributed by atoms with Gasteiger partial charge in [0.2, 0.25) is 0 Å². The molecule has 0 saturated heterocycles. The van der Waals surface area contributed by atoms with Crippen LogP contribution in [-0.4, -0.2) is 22.6 Å². The molecule has 0 aliphatic heterocycles. The first kappa shape index (κ1) is 16.5. The monoisotopic (exact) mass is 361 g/mol. The molecule has 0 aliphatic carbocycles. The van der Waals surface area contributed by atoms with E-state index in [4.69, 9.17) is 16.3 Å². The molecular weight excluding hydrogens is 346 g/mol. The smallest absolute Gasteiger partial charge is 0.275 e. The molecule has 24 heavy (non-hydrogen) atoms. The van der Waals surface area contributed by atoms with Crippen molar-refractivity contribution in [1.29, 1.82) is 0 Å². The third-order valence-corrected chi connectivity index (χ3v) is 4.97. The minimum absolute atomic E-state index is 0.247. The zero-order chi connectivity index (χ0) is 17.1. The van der Waals surface area contributed by atoms with Gasteiger partial charge in [-0.2, -0.15) is 0 Å². The van der Waals surface area contributed by atoms with Crippen LogP contribution in [0, 0.1) is 0 Å². The summed E-state index contributed by atoms with van der Waals surface area (Å²) < 4.78 is 7.01. The molecule has 1 aromatic carbocycles. The number of methoxy groups -OCH3 is 1. The maximum Gasteiger partial charge on any atom is 0.275 e. The molecule has 2 aromatic heterocycles. The highest BCUT2D eigenvalue weighted by molar-refractivity contribution is 7.14. The zero-order valence-corrected chi connectivity index (χ0v) is 14.8. The lowest BCUT2D eigenvalue weighted by atomic mass is 10.2. The number of nitrogens with zero attached hydrogens (tertiary/aromatic N) is 2. The minimum Gasteiger partial charge on any atom is -0.495 e. The molecule has 1 amide bonds. The predicted octanol–water partition coefficient (Wildman–Crippen LogP) is 4.41. The molecule has 0 radical (unpaired) electrons. The number of aryl methyl sites for hydroxylation is 1. The third-order valence-electron chi connectivity index (χ3n) is 3.46. The molecule has 124 valence electrons. The molecule has 5 nitrogen and oxygen atoms in total. The van der Waals surface area contributed by atoms with E-state index in [1.165, 1.54) is 11.3 Å². The molecule has 0 bridgehead atoms. The summed E-state index contributed by atoms with van der Waals surface area (Å²) >= 11 is 7.61. The highest BCUT2D eigenvalue weighted by atomic mass is 35.5. The first-order chi connectivity index (χ1) is 11.6. The lowest BCUT2D eigenvalue weighted by molar-refractivity contribution is 0.102. The lowest BCUT2D eigenvalue weighted by Crippen LogP contribution is -2.14. The van der Waals surface area contributed by atoms with Crippen molar-refractivity contribution in [3.63, 3.8) is 0 Å². The van der Waals surface area contributed by atoms with Gasteiger partial charge in [-0.25, -0.2) is 4.98 Å². The quantitative estimate of drug-likeness (QED) is 0.732. The van der Waals surface area contributed by atoms with Crippen LogP contribution >= 0.6 is 22.9 Å². The summed E-state index contributed by atoms with van der Waals surface area (Å²) in [5.41, 5.74) is 1.04. The van der Waals surface area contributed by atoms with Crippen LogP contribution in [0.3, 0.4) is 0 Å². The standard InChI is InChI=1S/C17H16ClN3O2S/c1-3-14-15(20-17(24-14)21-8-4-5-9-21)16(22)19-11-6-7-13(23-2)12(18)10-11/h4-10H,3H2,1-2H3,(H,19,22). The van der Waals surface area contributed by atoms with Crippen LogP contribution in [0.2, 0.25) is 5.02 Å². The number of hydrogen-bond donors (Lipinski definition) is 1. The van der Waals surface area contributed by atoms with Crippen LogP contribution in [-0.2, 0) is 6.42 Å². The number of benzene rings is 1. The van der Waals surface area contributed by atoms with Crippen molar-refractivity contribution in [2.75, 3.05) is 12.4 Å². The van der Waals surface area contributed by atoms with Gasteiger partial charge in [-0.05, 0) is 36.8 Å². The Kier molecular flexibility index (Phi) is 4.87. The van der Waals surface area contributed by atoms with Crippen LogP contribution in [0.4, 0.5) is 5.69 Å². The van der Waals surface area contributed by atoms with Crippen LogP contribution in [0.1, 0.15) is 22.3 Å². The number of carbonyl (C=O) groups is 1. The van der Waals surface area contributed by atoms with E-state index in [0.717, 1.165) is 16.4 Å². The van der Waals surface area contributed by atoms with Gasteiger partial charge >= 0.3 is 0 Å². The maximum atomic E-state index is 12.6. The van der Waals surface area contributed by atoms with Crippen molar-refractivity contribution in [3.8, 4) is 10.9 Å². The van der Waals surface area contributed by atoms with E-state index < -0.39 is 0 Å². The number of nitrogens with one attached hydrogen (secondary N) is 1. The van der Waals surface area contributed by atoms with Crippen molar-refractivity contribution in [2.24, 2.45) is 0 Å². The molecule has 1 N–H and O–H groups in total. The van der Waals surface area contributed by atoms with Gasteiger partial charge in [0.25, 0.3) is 5.91 Å². The average Bonchev–Trinajstić information content (AvgIpc) is 3.24. The second-order valence-corrected chi connectivity index (χ2v) is 6.48. The van der Waals surface area contributed by atoms with Crippen LogP contribution < -0.4 is 10.1 Å². The van der Waals surface area contributed by atoms with Gasteiger partial charge in [-0.1, -0.05) is 18.5 Å². The molecule has 0 atom stereocenters. The van der Waals surface area contributed by atoms with Gasteiger partial charge < -0.3 is 14.6 Å². The summed E-state index contributed by atoms with van der Waals surface area (Å²) in [6.45, 7) is 2.01. The highest BCUT2D eigenvalue weighted by Gasteiger charge is 2.18. The SMILES string of the molecule is CCc1sc(-n2cccc2)nc1C(=O)Nc1ccc(OC)c(Cl)c1. The molecule has 0 spiro atoms. The van der Waals surface area contributed by atoms with Crippen molar-refractivity contribution in [1.82, 2.24) is 9.55 Å². The number of aromatic nitrogens is 2. The fraction of sp³-hybridized carbons (Fsp3) is 0.176. The Hall–Kier alpha value is -2.31. The van der Waals surface area contributed by atoms with Crippen LogP contribution in [0.25, 0.3) is 5.13 Å². The topological polar surface area (TPSA) is 56.2 Å². The minimum atomic E-state index is -0.247. The normalized spacial score (nSPS) is 10.6. The highest BCUT2D eigenvalue weighted by Crippen LogP contribution is 2.28. The van der Waals surface area contributed by atoms with E-state index in [2.05, 4.69) is 10.3 Å². The number of hydrogen-bond acceptors (Lipinski definition) is 4. The Morgan fingerprint density at radius 1 is 1.38 bits per heavy atom. The first-order valence-electron chi connectivity index (χ1n) is 7.40. The second-order valence-electron chi connectivity index (χ2n) is 5.02. The number of ether oxygens (including phenoxy) is 1. The van der Waals surface area contributed by atoms with Crippen LogP contribution in [0.5, 0.6) is 5.75 Å². The van der Waals surface area contributed by atoms with E-state index >= 15 is 0 Å². The summed E-state index contributed by atoms with van der Waals surface area (Å²) in [4.78, 5) is 18.0. The molecule has 0 saturated carbocycles. The van der Waals surface area contributed by atoms with Crippen molar-refractivity contribution in [3.05, 3.63) is 58.3 Å². The third kappa shape index (κ3) is 3.29. The summed E-state index contributed by atoms with van der Waals surface area (Å²) in [7, 11) is 1.55. The summed E-state index contributed by atoms with van der Waals surface area (Å²) in [6, 6.07) is 8.96. The van der Waals surface area contributed by atoms with Crippen molar-refractivity contribution in [2.45, 2.75) is 13.3 Å². The van der Waals surface area contributed by atoms with Gasteiger partial charge in [0.15, 0.2) is 5.13 Å². The largest absolute Gasteiger partial charge is 0.495 e. The molecule has 7 heteroatoms. The number of carbonyl (C=O) groups excluding carboxylic acids is 1. The molecule has 3 rings (SSSR count). The summed E-state index contributed by atoms with van der Waals surface area (Å²) in [5, 5.41) is 4.05. The Morgan fingerprint density at radius 2 is 2.12 bits per heavy atom. The second kappa shape index (κ2) is 7.07. The molecule has 0 unspecified atom stereocenters. The van der Waals surface area contributed by atoms with E-state index in [1.54, 1.807) is 25.3 Å². The number of halogens is 1. The van der Waals surface area contributed by atoms with Gasteiger partial charge in [0.1, 0.15) is 11.4 Å². The Balaban J connectivity index is 1.86. The molecule has 0 aliphatic rings. The van der Waals surface area contributed by atoms with E-state index in [1.807, 2.05) is 36.0 Å². The van der Waals surface area contributed by atoms with Crippen molar-refractivity contribution >= 4 is 34.5 Å². The molecule has 2 heterocycles. The Bertz CT molecular complexity index is 859. The average molecular weight is 362 g/mol. The molecule has 0 fully saturated rings. The van der Waals surface area contributed by atoms with Gasteiger partial charge in [0.05, 0.1) is 12.1 Å². The van der Waals surface area contributed by atoms with Gasteiger partial charge in [-0.3, -0.25) is 4.79 Å². The zero-order valence-electron chi connectivity index (χ0n) is 13.2. The van der Waals surface area contributed by atoms with Crippen molar-refractivity contribution < 1.29 is 9.53 Å². The maximum absolute atomic E-state index is 12.6. The number of amides is 1. The Morgan fingerprint density at radius 3 is 2.75 bits per heavy atom. The fourth-order valence-corrected chi connectivity index (χ4v) is 3.48. The van der Waals surface area contributed by atoms with Gasteiger partial charge in [-0.15, -0.1) is 11.3 Å². The number of thiazole rings is 1. The molecule has 3 aromatic rings. The number of anilines is 1. The van der Waals surface area contributed by atoms with E-state index in [0.29, 0.717) is 22.2 Å². The summed E-state index contributed by atoms with van der Waals surface area (Å²) in [5.74, 6) is 0.315. The summed E-state index contributed by atoms with van der Waals surface area (Å²) in [6.07, 6.45) is 4.55. The Labute approximate surface area is 148 Å². The number of rotatable bonds is 5. The van der Waals surface area contributed by atoms with Gasteiger partial charge in [0, 0.05) is 23.0 Å². The fourth-order valence-electron chi connectivity index (χ4n) is 2.26. The van der Waals surface area contributed by atoms with E-state index in [9.17, 15) is 4.79 Å². The predicted molar refractivity (Wildman–Crippen MR) is 96.8 cm³/mol. The first-order valence-corrected chi connectivity index (χ1v) is 8.59. The van der Waals surface area contributed by atoms with Crippen LogP contribution in [0.15, 0.2) is 42.7 Å². The van der Waals surface area contributed by atoms with E-state index in [-0.39, 0.29) is 5.91 Å². The molecular formula is C17H16ClN3O2S.